The highest BCUT2D eigenvalue weighted by atomic mass is 16.5. The molecule has 0 bridgehead atoms. The number of hydrogen-bond acceptors (Lipinski definition) is 2. The Bertz CT molecular complexity index is 890. The minimum absolute atomic E-state index is 0.250. The van der Waals surface area contributed by atoms with Crippen molar-refractivity contribution in [3.63, 3.8) is 0 Å². The number of amides is 1. The third kappa shape index (κ3) is 5.05. The highest BCUT2D eigenvalue weighted by Crippen LogP contribution is 2.27. The van der Waals surface area contributed by atoms with Crippen LogP contribution in [0.25, 0.3) is 22.3 Å². The van der Waals surface area contributed by atoms with Gasteiger partial charge in [0.1, 0.15) is 0 Å². The number of carbonyl (C=O) groups is 1. The normalized spacial score (nSPS) is 10.6. The van der Waals surface area contributed by atoms with Crippen molar-refractivity contribution in [2.75, 3.05) is 6.54 Å². The van der Waals surface area contributed by atoms with Crippen LogP contribution >= 0.6 is 0 Å². The number of hydroxylamine groups is 2. The summed E-state index contributed by atoms with van der Waals surface area (Å²) in [5.74, 6) is -0.346. The van der Waals surface area contributed by atoms with Crippen LogP contribution in [0.1, 0.15) is 25.3 Å². The van der Waals surface area contributed by atoms with Crippen molar-refractivity contribution in [3.05, 3.63) is 89.6 Å². The molecular weight excluding hydrogens is 334 g/mol. The summed E-state index contributed by atoms with van der Waals surface area (Å²) in [5, 5.41) is 12.2. The van der Waals surface area contributed by atoms with E-state index >= 15 is 0 Å². The minimum atomic E-state index is -0.346. The molecule has 0 saturated carbocycles. The minimum Gasteiger partial charge on any atom is -0.756 e. The first-order valence-corrected chi connectivity index (χ1v) is 9.39. The zero-order valence-electron chi connectivity index (χ0n) is 15.6. The molecule has 0 aliphatic rings. The molecule has 0 aromatic heterocycles. The molecule has 1 amide bonds. The van der Waals surface area contributed by atoms with Crippen LogP contribution in [0.15, 0.2) is 78.9 Å². The van der Waals surface area contributed by atoms with Gasteiger partial charge in [-0.3, -0.25) is 4.79 Å². The van der Waals surface area contributed by atoms with Crippen molar-refractivity contribution in [3.8, 4) is 22.3 Å². The lowest BCUT2D eigenvalue weighted by Crippen LogP contribution is -2.25. The van der Waals surface area contributed by atoms with E-state index in [1.807, 2.05) is 24.3 Å². The second-order valence-corrected chi connectivity index (χ2v) is 6.60. The van der Waals surface area contributed by atoms with Gasteiger partial charge in [-0.1, -0.05) is 79.7 Å². The summed E-state index contributed by atoms with van der Waals surface area (Å²) in [6.07, 6.45) is 1.71. The van der Waals surface area contributed by atoms with E-state index in [-0.39, 0.29) is 18.9 Å². The summed E-state index contributed by atoms with van der Waals surface area (Å²) in [6, 6.07) is 27.3. The maximum atomic E-state index is 11.6. The Morgan fingerprint density at radius 3 is 2.11 bits per heavy atom. The number of hydrogen-bond donors (Lipinski definition) is 0. The predicted molar refractivity (Wildman–Crippen MR) is 111 cm³/mol. The maximum absolute atomic E-state index is 11.6. The zero-order chi connectivity index (χ0) is 19.1. The molecule has 0 atom stereocenters. The van der Waals surface area contributed by atoms with Crippen LogP contribution in [0.3, 0.4) is 0 Å². The summed E-state index contributed by atoms with van der Waals surface area (Å²) >= 11 is 0. The van der Waals surface area contributed by atoms with E-state index in [9.17, 15) is 10.0 Å². The van der Waals surface area contributed by atoms with Crippen molar-refractivity contribution in [1.29, 1.82) is 0 Å². The number of benzene rings is 3. The number of rotatable bonds is 7. The van der Waals surface area contributed by atoms with Gasteiger partial charge >= 0.3 is 0 Å². The van der Waals surface area contributed by atoms with Gasteiger partial charge in [0.15, 0.2) is 0 Å². The fourth-order valence-electron chi connectivity index (χ4n) is 3.14. The molecule has 0 spiro atoms. The molecule has 0 unspecified atom stereocenters. The smallest absolute Gasteiger partial charge is 0.211 e. The van der Waals surface area contributed by atoms with Crippen LogP contribution in [-0.2, 0) is 11.2 Å². The van der Waals surface area contributed by atoms with Gasteiger partial charge in [0.25, 0.3) is 0 Å². The molecule has 3 nitrogen and oxygen atoms in total. The molecular formula is C24H24NO2-. The first-order valence-electron chi connectivity index (χ1n) is 9.39. The average molecular weight is 358 g/mol. The van der Waals surface area contributed by atoms with Crippen molar-refractivity contribution in [2.45, 2.75) is 26.2 Å². The monoisotopic (exact) mass is 358 g/mol. The van der Waals surface area contributed by atoms with E-state index in [4.69, 9.17) is 0 Å². The highest BCUT2D eigenvalue weighted by Gasteiger charge is 2.04. The fourth-order valence-corrected chi connectivity index (χ4v) is 3.14. The molecule has 3 heteroatoms. The predicted octanol–water partition coefficient (Wildman–Crippen LogP) is 5.69. The molecule has 138 valence electrons. The Morgan fingerprint density at radius 2 is 1.41 bits per heavy atom. The quantitative estimate of drug-likeness (QED) is 0.509. The number of carbonyl (C=O) groups excluding carboxylic acids is 1. The Labute approximate surface area is 160 Å². The Balaban J connectivity index is 1.71. The van der Waals surface area contributed by atoms with Gasteiger partial charge in [0.05, 0.1) is 0 Å². The van der Waals surface area contributed by atoms with Crippen LogP contribution in [0, 0.1) is 5.21 Å². The van der Waals surface area contributed by atoms with Crippen LogP contribution in [-0.4, -0.2) is 17.5 Å². The van der Waals surface area contributed by atoms with Gasteiger partial charge < -0.3 is 10.3 Å². The SMILES string of the molecule is CCC(=O)N([O-])CCCc1cccc(-c2cccc(-c3ccccc3)c2)c1. The lowest BCUT2D eigenvalue weighted by atomic mass is 9.97. The molecule has 3 aromatic rings. The van der Waals surface area contributed by atoms with Crippen molar-refractivity contribution < 1.29 is 4.79 Å². The highest BCUT2D eigenvalue weighted by molar-refractivity contribution is 5.76. The molecule has 0 heterocycles. The van der Waals surface area contributed by atoms with E-state index in [0.717, 1.165) is 12.0 Å². The standard InChI is InChI=1S/C24H24NO2/c1-2-24(26)25(27)16-8-10-19-9-6-13-21(17-19)23-15-7-14-22(18-23)20-11-4-3-5-12-20/h3-7,9,11-15,17-18H,2,8,10,16H2,1H3/q-1. The molecule has 3 rings (SSSR count). The van der Waals surface area contributed by atoms with Crippen molar-refractivity contribution in [1.82, 2.24) is 5.06 Å². The third-order valence-electron chi connectivity index (χ3n) is 4.64. The van der Waals surface area contributed by atoms with Gasteiger partial charge in [-0.15, -0.1) is 0 Å². The summed E-state index contributed by atoms with van der Waals surface area (Å²) in [4.78, 5) is 11.4. The maximum Gasteiger partial charge on any atom is 0.211 e. The molecule has 27 heavy (non-hydrogen) atoms. The molecule has 0 radical (unpaired) electrons. The molecule has 0 saturated heterocycles. The lowest BCUT2D eigenvalue weighted by Gasteiger charge is -2.27. The first-order chi connectivity index (χ1) is 13.2. The van der Waals surface area contributed by atoms with E-state index in [2.05, 4.69) is 54.6 Å². The van der Waals surface area contributed by atoms with Crippen molar-refractivity contribution in [2.24, 2.45) is 0 Å². The summed E-state index contributed by atoms with van der Waals surface area (Å²) in [5.41, 5.74) is 5.90. The third-order valence-corrected chi connectivity index (χ3v) is 4.64. The van der Waals surface area contributed by atoms with Crippen LogP contribution in [0.2, 0.25) is 0 Å². The van der Waals surface area contributed by atoms with Crippen LogP contribution < -0.4 is 0 Å². The van der Waals surface area contributed by atoms with E-state index in [0.29, 0.717) is 11.5 Å². The Morgan fingerprint density at radius 1 is 0.815 bits per heavy atom. The summed E-state index contributed by atoms with van der Waals surface area (Å²) in [7, 11) is 0. The topological polar surface area (TPSA) is 43.4 Å². The van der Waals surface area contributed by atoms with Gasteiger partial charge in [0.2, 0.25) is 5.91 Å². The van der Waals surface area contributed by atoms with E-state index < -0.39 is 0 Å². The van der Waals surface area contributed by atoms with Crippen LogP contribution in [0.5, 0.6) is 0 Å². The second-order valence-electron chi connectivity index (χ2n) is 6.60. The molecule has 0 N–H and O–H groups in total. The zero-order valence-corrected chi connectivity index (χ0v) is 15.6. The molecule has 0 aliphatic heterocycles. The second kappa shape index (κ2) is 9.15. The number of aryl methyl sites for hydroxylation is 1. The van der Waals surface area contributed by atoms with Crippen molar-refractivity contribution >= 4 is 5.91 Å². The van der Waals surface area contributed by atoms with Gasteiger partial charge in [-0.25, -0.2) is 0 Å². The summed E-state index contributed by atoms with van der Waals surface area (Å²) < 4.78 is 0. The average Bonchev–Trinajstić information content (AvgIpc) is 2.74. The van der Waals surface area contributed by atoms with Gasteiger partial charge in [-0.2, -0.15) is 0 Å². The van der Waals surface area contributed by atoms with Gasteiger partial charge in [-0.05, 0) is 46.7 Å². The Kier molecular flexibility index (Phi) is 6.39. The number of nitrogens with zero attached hydrogens (tertiary/aromatic N) is 1. The molecule has 3 aromatic carbocycles. The lowest BCUT2D eigenvalue weighted by molar-refractivity contribution is -0.128. The Hall–Kier alpha value is -2.91. The fraction of sp³-hybridized carbons (Fsp3) is 0.208. The van der Waals surface area contributed by atoms with E-state index in [1.165, 1.54) is 22.3 Å². The first kappa shape index (κ1) is 18.9. The van der Waals surface area contributed by atoms with Crippen LogP contribution in [0.4, 0.5) is 0 Å². The van der Waals surface area contributed by atoms with Gasteiger partial charge in [0, 0.05) is 13.0 Å². The molecule has 0 fully saturated rings. The largest absolute Gasteiger partial charge is 0.756 e. The molecule has 0 aliphatic carbocycles. The summed E-state index contributed by atoms with van der Waals surface area (Å²) in [6.45, 7) is 1.96. The van der Waals surface area contributed by atoms with E-state index in [1.54, 1.807) is 6.92 Å².